The zero-order valence-corrected chi connectivity index (χ0v) is 12.4. The van der Waals surface area contributed by atoms with E-state index < -0.39 is 5.60 Å². The van der Waals surface area contributed by atoms with Gasteiger partial charge in [0, 0.05) is 17.9 Å². The molecule has 1 heterocycles. The Morgan fingerprint density at radius 1 is 1.16 bits per heavy atom. The van der Waals surface area contributed by atoms with Crippen LogP contribution < -0.4 is 5.32 Å². The van der Waals surface area contributed by atoms with Crippen molar-refractivity contribution in [3.05, 3.63) is 33.8 Å². The first-order valence-electron chi connectivity index (χ1n) is 7.11. The SMILES string of the molecule is O[C@]12CCCC[C@@H]1[C@H](c1c(Cl)cccc1Cl)[NH2+]CC2. The van der Waals surface area contributed by atoms with E-state index in [0.29, 0.717) is 0 Å². The van der Waals surface area contributed by atoms with E-state index in [0.717, 1.165) is 47.8 Å². The smallest absolute Gasteiger partial charge is 0.120 e. The average molecular weight is 301 g/mol. The van der Waals surface area contributed by atoms with E-state index in [-0.39, 0.29) is 12.0 Å². The van der Waals surface area contributed by atoms with Gasteiger partial charge < -0.3 is 10.4 Å². The Balaban J connectivity index is 1.99. The van der Waals surface area contributed by atoms with Crippen molar-refractivity contribution in [3.8, 4) is 0 Å². The molecule has 104 valence electrons. The van der Waals surface area contributed by atoms with Crippen LogP contribution in [0.25, 0.3) is 0 Å². The van der Waals surface area contributed by atoms with Gasteiger partial charge >= 0.3 is 0 Å². The van der Waals surface area contributed by atoms with Gasteiger partial charge in [0.1, 0.15) is 6.04 Å². The summed E-state index contributed by atoms with van der Waals surface area (Å²) >= 11 is 12.7. The molecule has 0 amide bonds. The first-order valence-corrected chi connectivity index (χ1v) is 7.87. The molecule has 2 aliphatic rings. The van der Waals surface area contributed by atoms with Crippen LogP contribution in [0.1, 0.15) is 43.7 Å². The molecule has 1 saturated carbocycles. The molecule has 3 N–H and O–H groups in total. The minimum atomic E-state index is -0.514. The van der Waals surface area contributed by atoms with Gasteiger partial charge in [-0.1, -0.05) is 42.1 Å². The first-order chi connectivity index (χ1) is 9.12. The summed E-state index contributed by atoms with van der Waals surface area (Å²) in [6.45, 7) is 0.944. The Labute approximate surface area is 124 Å². The van der Waals surface area contributed by atoms with Gasteiger partial charge in [0.2, 0.25) is 0 Å². The molecule has 1 aliphatic carbocycles. The van der Waals surface area contributed by atoms with E-state index in [9.17, 15) is 5.11 Å². The van der Waals surface area contributed by atoms with E-state index >= 15 is 0 Å². The van der Waals surface area contributed by atoms with E-state index in [2.05, 4.69) is 5.32 Å². The first kappa shape index (κ1) is 13.7. The van der Waals surface area contributed by atoms with Gasteiger partial charge in [-0.3, -0.25) is 0 Å². The summed E-state index contributed by atoms with van der Waals surface area (Å²) in [5.74, 6) is 0.271. The quantitative estimate of drug-likeness (QED) is 0.822. The second-order valence-electron chi connectivity index (χ2n) is 5.89. The molecule has 0 bridgehead atoms. The summed E-state index contributed by atoms with van der Waals surface area (Å²) in [6, 6.07) is 5.87. The predicted molar refractivity (Wildman–Crippen MR) is 77.5 cm³/mol. The highest BCUT2D eigenvalue weighted by Crippen LogP contribution is 2.45. The van der Waals surface area contributed by atoms with Crippen molar-refractivity contribution in [2.45, 2.75) is 43.7 Å². The van der Waals surface area contributed by atoms with Crippen LogP contribution in [0, 0.1) is 5.92 Å². The Morgan fingerprint density at radius 2 is 1.89 bits per heavy atom. The summed E-state index contributed by atoms with van der Waals surface area (Å²) in [6.07, 6.45) is 5.20. The number of hydrogen-bond donors (Lipinski definition) is 2. The molecule has 0 aromatic heterocycles. The third-order valence-corrected chi connectivity index (χ3v) is 5.49. The van der Waals surface area contributed by atoms with Crippen molar-refractivity contribution in [3.63, 3.8) is 0 Å². The number of nitrogens with two attached hydrogens (primary N) is 1. The summed E-state index contributed by atoms with van der Waals surface area (Å²) in [7, 11) is 0. The topological polar surface area (TPSA) is 36.8 Å². The molecular formula is C15H20Cl2NO+. The van der Waals surface area contributed by atoms with E-state index in [4.69, 9.17) is 23.2 Å². The van der Waals surface area contributed by atoms with Crippen molar-refractivity contribution in [1.82, 2.24) is 0 Å². The molecule has 3 atom stereocenters. The van der Waals surface area contributed by atoms with E-state index in [1.165, 1.54) is 6.42 Å². The lowest BCUT2D eigenvalue weighted by Gasteiger charge is -2.46. The van der Waals surface area contributed by atoms with Crippen LogP contribution >= 0.6 is 23.2 Å². The lowest BCUT2D eigenvalue weighted by molar-refractivity contribution is -0.719. The van der Waals surface area contributed by atoms with Crippen molar-refractivity contribution >= 4 is 23.2 Å². The second kappa shape index (κ2) is 5.25. The van der Waals surface area contributed by atoms with Gasteiger partial charge in [0.15, 0.2) is 0 Å². The normalized spacial score (nSPS) is 34.9. The number of benzene rings is 1. The molecule has 4 heteroatoms. The number of hydrogen-bond acceptors (Lipinski definition) is 1. The van der Waals surface area contributed by atoms with Crippen LogP contribution in [-0.2, 0) is 0 Å². The maximum absolute atomic E-state index is 10.9. The molecular weight excluding hydrogens is 281 g/mol. The molecule has 1 aromatic rings. The fourth-order valence-electron chi connectivity index (χ4n) is 3.90. The lowest BCUT2D eigenvalue weighted by atomic mass is 9.67. The number of rotatable bonds is 1. The summed E-state index contributed by atoms with van der Waals surface area (Å²) in [5.41, 5.74) is 0.496. The maximum Gasteiger partial charge on any atom is 0.120 e. The zero-order valence-electron chi connectivity index (χ0n) is 10.9. The summed E-state index contributed by atoms with van der Waals surface area (Å²) in [4.78, 5) is 0. The number of fused-ring (bicyclic) bond motifs is 1. The van der Waals surface area contributed by atoms with Crippen molar-refractivity contribution in [2.24, 2.45) is 5.92 Å². The van der Waals surface area contributed by atoms with Gasteiger partial charge in [-0.2, -0.15) is 0 Å². The van der Waals surface area contributed by atoms with Crippen LogP contribution in [0.15, 0.2) is 18.2 Å². The van der Waals surface area contributed by atoms with Gasteiger partial charge in [0.05, 0.1) is 22.2 Å². The number of quaternary nitrogens is 1. The highest BCUT2D eigenvalue weighted by molar-refractivity contribution is 6.36. The van der Waals surface area contributed by atoms with Gasteiger partial charge in [-0.15, -0.1) is 0 Å². The molecule has 1 aliphatic heterocycles. The largest absolute Gasteiger partial charge is 0.389 e. The molecule has 0 unspecified atom stereocenters. The fourth-order valence-corrected chi connectivity index (χ4v) is 4.55. The van der Waals surface area contributed by atoms with Crippen molar-refractivity contribution in [2.75, 3.05) is 6.54 Å². The molecule has 0 spiro atoms. The molecule has 1 aromatic carbocycles. The van der Waals surface area contributed by atoms with Crippen molar-refractivity contribution in [1.29, 1.82) is 0 Å². The standard InChI is InChI=1S/C15H19Cl2NO/c16-11-5-3-6-12(17)13(11)14-10-4-1-2-7-15(10,19)8-9-18-14/h3,5-6,10,14,18-19H,1-2,4,7-9H2/p+1/t10-,14-,15+/m1/s1. The van der Waals surface area contributed by atoms with Gasteiger partial charge in [0.25, 0.3) is 0 Å². The summed E-state index contributed by atoms with van der Waals surface area (Å²) < 4.78 is 0. The van der Waals surface area contributed by atoms with Crippen LogP contribution in [0.3, 0.4) is 0 Å². The predicted octanol–water partition coefficient (Wildman–Crippen LogP) is 2.92. The minimum absolute atomic E-state index is 0.195. The third-order valence-electron chi connectivity index (χ3n) is 4.83. The third kappa shape index (κ3) is 2.40. The van der Waals surface area contributed by atoms with Crippen LogP contribution in [0.5, 0.6) is 0 Å². The van der Waals surface area contributed by atoms with Crippen LogP contribution in [0.4, 0.5) is 0 Å². The molecule has 1 saturated heterocycles. The molecule has 2 fully saturated rings. The summed E-state index contributed by atoms with van der Waals surface area (Å²) in [5, 5.41) is 14.7. The van der Waals surface area contributed by atoms with E-state index in [1.54, 1.807) is 0 Å². The zero-order chi connectivity index (χ0) is 13.5. The fraction of sp³-hybridized carbons (Fsp3) is 0.600. The van der Waals surface area contributed by atoms with E-state index in [1.807, 2.05) is 18.2 Å². The Kier molecular flexibility index (Phi) is 3.78. The molecule has 3 rings (SSSR count). The molecule has 0 radical (unpaired) electrons. The monoisotopic (exact) mass is 300 g/mol. The Morgan fingerprint density at radius 3 is 2.63 bits per heavy atom. The Bertz CT molecular complexity index is 455. The highest BCUT2D eigenvalue weighted by Gasteiger charge is 2.49. The Hall–Kier alpha value is -0.280. The number of piperidine rings is 1. The minimum Gasteiger partial charge on any atom is -0.389 e. The average Bonchev–Trinajstić information content (AvgIpc) is 2.38. The van der Waals surface area contributed by atoms with Crippen LogP contribution in [0.2, 0.25) is 10.0 Å². The highest BCUT2D eigenvalue weighted by atomic mass is 35.5. The molecule has 2 nitrogen and oxygen atoms in total. The second-order valence-corrected chi connectivity index (χ2v) is 6.71. The molecule has 19 heavy (non-hydrogen) atoms. The number of halogens is 2. The maximum atomic E-state index is 10.9. The van der Waals surface area contributed by atoms with Gasteiger partial charge in [-0.05, 0) is 25.0 Å². The number of aliphatic hydroxyl groups is 1. The van der Waals surface area contributed by atoms with Gasteiger partial charge in [-0.25, -0.2) is 0 Å². The van der Waals surface area contributed by atoms with Crippen LogP contribution in [-0.4, -0.2) is 17.3 Å². The van der Waals surface area contributed by atoms with Crippen molar-refractivity contribution < 1.29 is 10.4 Å². The lowest BCUT2D eigenvalue weighted by Crippen LogP contribution is -2.91.